The smallest absolute Gasteiger partial charge is 0.411 e. The first-order valence-electron chi connectivity index (χ1n) is 6.57. The highest BCUT2D eigenvalue weighted by Gasteiger charge is 2.14. The van der Waals surface area contributed by atoms with Crippen LogP contribution in [0.5, 0.6) is 0 Å². The van der Waals surface area contributed by atoms with Crippen LogP contribution in [0.3, 0.4) is 0 Å². The van der Waals surface area contributed by atoms with Gasteiger partial charge in [-0.3, -0.25) is 15.4 Å². The Morgan fingerprint density at radius 1 is 1.40 bits per heavy atom. The second-order valence-electron chi connectivity index (χ2n) is 4.67. The Morgan fingerprint density at radius 3 is 2.75 bits per heavy atom. The molecule has 7 nitrogen and oxygen atoms in total. The first-order valence-corrected chi connectivity index (χ1v) is 6.57. The van der Waals surface area contributed by atoms with E-state index in [9.17, 15) is 14.9 Å². The van der Waals surface area contributed by atoms with E-state index in [4.69, 9.17) is 4.74 Å². The van der Waals surface area contributed by atoms with E-state index >= 15 is 0 Å². The maximum atomic E-state index is 11.6. The van der Waals surface area contributed by atoms with Crippen molar-refractivity contribution in [1.29, 1.82) is 0 Å². The van der Waals surface area contributed by atoms with Crippen LogP contribution in [-0.2, 0) is 4.74 Å². The van der Waals surface area contributed by atoms with Crippen LogP contribution in [-0.4, -0.2) is 30.2 Å². The summed E-state index contributed by atoms with van der Waals surface area (Å²) in [6, 6.07) is 5.82. The van der Waals surface area contributed by atoms with E-state index in [0.717, 1.165) is 25.8 Å². The summed E-state index contributed by atoms with van der Waals surface area (Å²) in [5.41, 5.74) is 0.451. The lowest BCUT2D eigenvalue weighted by Gasteiger charge is -2.22. The van der Waals surface area contributed by atoms with Gasteiger partial charge in [0.1, 0.15) is 6.61 Å². The number of nitro groups is 1. The average molecular weight is 279 g/mol. The summed E-state index contributed by atoms with van der Waals surface area (Å²) < 4.78 is 5.12. The zero-order valence-electron chi connectivity index (χ0n) is 11.0. The molecule has 2 rings (SSSR count). The first-order chi connectivity index (χ1) is 9.65. The molecule has 0 spiro atoms. The molecule has 108 valence electrons. The van der Waals surface area contributed by atoms with Gasteiger partial charge in [-0.05, 0) is 31.5 Å². The molecule has 1 unspecified atom stereocenters. The normalized spacial score (nSPS) is 18.3. The SMILES string of the molecule is O=C(Nc1ccc([N+](=O)[O-])cc1)OCC1CCCCN1. The minimum atomic E-state index is -0.550. The van der Waals surface area contributed by atoms with Crippen molar-refractivity contribution in [2.24, 2.45) is 0 Å². The van der Waals surface area contributed by atoms with Crippen LogP contribution < -0.4 is 10.6 Å². The van der Waals surface area contributed by atoms with E-state index in [2.05, 4.69) is 10.6 Å². The second kappa shape index (κ2) is 6.85. The number of nitro benzene ring substituents is 1. The Balaban J connectivity index is 1.77. The number of non-ortho nitro benzene ring substituents is 1. The molecule has 1 amide bonds. The summed E-state index contributed by atoms with van der Waals surface area (Å²) in [5, 5.41) is 16.3. The maximum absolute atomic E-state index is 11.6. The molecule has 0 bridgehead atoms. The van der Waals surface area contributed by atoms with Crippen molar-refractivity contribution >= 4 is 17.5 Å². The molecule has 1 aromatic rings. The molecule has 0 aliphatic carbocycles. The lowest BCUT2D eigenvalue weighted by molar-refractivity contribution is -0.384. The van der Waals surface area contributed by atoms with Crippen molar-refractivity contribution in [3.8, 4) is 0 Å². The molecule has 20 heavy (non-hydrogen) atoms. The summed E-state index contributed by atoms with van der Waals surface area (Å²) in [7, 11) is 0. The molecule has 1 saturated heterocycles. The van der Waals surface area contributed by atoms with Crippen molar-refractivity contribution < 1.29 is 14.5 Å². The van der Waals surface area contributed by atoms with Crippen molar-refractivity contribution in [1.82, 2.24) is 5.32 Å². The van der Waals surface area contributed by atoms with Gasteiger partial charge in [0.15, 0.2) is 0 Å². The minimum Gasteiger partial charge on any atom is -0.448 e. The number of rotatable bonds is 4. The monoisotopic (exact) mass is 279 g/mol. The zero-order chi connectivity index (χ0) is 14.4. The Kier molecular flexibility index (Phi) is 4.89. The molecular formula is C13H17N3O4. The summed E-state index contributed by atoms with van der Waals surface area (Å²) in [6.07, 6.45) is 2.76. The number of benzene rings is 1. The highest BCUT2D eigenvalue weighted by molar-refractivity contribution is 5.84. The molecule has 1 aliphatic heterocycles. The van der Waals surface area contributed by atoms with Gasteiger partial charge in [0, 0.05) is 23.9 Å². The van der Waals surface area contributed by atoms with Gasteiger partial charge in [-0.1, -0.05) is 6.42 Å². The maximum Gasteiger partial charge on any atom is 0.411 e. The number of hydrogen-bond donors (Lipinski definition) is 2. The third-order valence-corrected chi connectivity index (χ3v) is 3.15. The van der Waals surface area contributed by atoms with Crippen LogP contribution in [0, 0.1) is 10.1 Å². The van der Waals surface area contributed by atoms with Crippen molar-refractivity contribution in [3.05, 3.63) is 34.4 Å². The molecule has 1 aliphatic rings. The zero-order valence-corrected chi connectivity index (χ0v) is 11.0. The number of hydrogen-bond acceptors (Lipinski definition) is 5. The number of ether oxygens (including phenoxy) is 1. The molecule has 1 aromatic carbocycles. The highest BCUT2D eigenvalue weighted by atomic mass is 16.6. The molecule has 2 N–H and O–H groups in total. The van der Waals surface area contributed by atoms with E-state index in [-0.39, 0.29) is 11.7 Å². The van der Waals surface area contributed by atoms with Gasteiger partial charge in [-0.25, -0.2) is 4.79 Å². The molecule has 0 aromatic heterocycles. The van der Waals surface area contributed by atoms with E-state index in [1.807, 2.05) is 0 Å². The fourth-order valence-electron chi connectivity index (χ4n) is 2.06. The predicted octanol–water partition coefficient (Wildman–Crippen LogP) is 2.29. The van der Waals surface area contributed by atoms with Crippen LogP contribution in [0.2, 0.25) is 0 Å². The van der Waals surface area contributed by atoms with E-state index < -0.39 is 11.0 Å². The number of nitrogens with zero attached hydrogens (tertiary/aromatic N) is 1. The van der Waals surface area contributed by atoms with Crippen LogP contribution in [0.15, 0.2) is 24.3 Å². The van der Waals surface area contributed by atoms with E-state index in [1.54, 1.807) is 0 Å². The highest BCUT2D eigenvalue weighted by Crippen LogP contribution is 2.15. The summed E-state index contributed by atoms with van der Waals surface area (Å²) in [6.45, 7) is 1.29. The molecule has 1 fully saturated rings. The Morgan fingerprint density at radius 2 is 2.15 bits per heavy atom. The van der Waals surface area contributed by atoms with Gasteiger partial charge in [0.2, 0.25) is 0 Å². The lowest BCUT2D eigenvalue weighted by atomic mass is 10.1. The summed E-state index contributed by atoms with van der Waals surface area (Å²) in [4.78, 5) is 21.6. The van der Waals surface area contributed by atoms with E-state index in [1.165, 1.54) is 24.3 Å². The van der Waals surface area contributed by atoms with Crippen LogP contribution in [0.4, 0.5) is 16.2 Å². The lowest BCUT2D eigenvalue weighted by Crippen LogP contribution is -2.38. The third kappa shape index (κ3) is 4.20. The fraction of sp³-hybridized carbons (Fsp3) is 0.462. The largest absolute Gasteiger partial charge is 0.448 e. The van der Waals surface area contributed by atoms with Crippen molar-refractivity contribution in [2.45, 2.75) is 25.3 Å². The number of piperidine rings is 1. The average Bonchev–Trinajstić information content (AvgIpc) is 2.47. The first kappa shape index (κ1) is 14.3. The number of carbonyl (C=O) groups excluding carboxylic acids is 1. The number of anilines is 1. The van der Waals surface area contributed by atoms with Crippen molar-refractivity contribution in [2.75, 3.05) is 18.5 Å². The molecule has 1 heterocycles. The molecular weight excluding hydrogens is 262 g/mol. The Hall–Kier alpha value is -2.15. The van der Waals surface area contributed by atoms with Crippen LogP contribution >= 0.6 is 0 Å². The molecule has 0 saturated carbocycles. The van der Waals surface area contributed by atoms with Gasteiger partial charge in [-0.2, -0.15) is 0 Å². The summed E-state index contributed by atoms with van der Waals surface area (Å²) >= 11 is 0. The minimum absolute atomic E-state index is 0.0182. The number of amides is 1. The van der Waals surface area contributed by atoms with Gasteiger partial charge in [0.05, 0.1) is 4.92 Å². The number of carbonyl (C=O) groups is 1. The quantitative estimate of drug-likeness (QED) is 0.651. The Labute approximate surface area is 116 Å². The van der Waals surface area contributed by atoms with Gasteiger partial charge in [-0.15, -0.1) is 0 Å². The fourth-order valence-corrected chi connectivity index (χ4v) is 2.06. The van der Waals surface area contributed by atoms with Gasteiger partial charge in [0.25, 0.3) is 5.69 Å². The van der Waals surface area contributed by atoms with Crippen LogP contribution in [0.25, 0.3) is 0 Å². The predicted molar refractivity (Wildman–Crippen MR) is 73.7 cm³/mol. The van der Waals surface area contributed by atoms with Crippen LogP contribution in [0.1, 0.15) is 19.3 Å². The number of nitrogens with one attached hydrogen (secondary N) is 2. The Bertz CT molecular complexity index is 469. The van der Waals surface area contributed by atoms with E-state index in [0.29, 0.717) is 12.3 Å². The molecule has 1 atom stereocenters. The van der Waals surface area contributed by atoms with Gasteiger partial charge < -0.3 is 10.1 Å². The van der Waals surface area contributed by atoms with Gasteiger partial charge >= 0.3 is 6.09 Å². The third-order valence-electron chi connectivity index (χ3n) is 3.15. The summed E-state index contributed by atoms with van der Waals surface area (Å²) in [5.74, 6) is 0. The van der Waals surface area contributed by atoms with Crippen molar-refractivity contribution in [3.63, 3.8) is 0 Å². The molecule has 7 heteroatoms. The second-order valence-corrected chi connectivity index (χ2v) is 4.67. The molecule has 0 radical (unpaired) electrons. The standard InChI is InChI=1S/C13H17N3O4/c17-13(20-9-11-3-1-2-8-14-11)15-10-4-6-12(7-5-10)16(18)19/h4-7,11,14H,1-3,8-9H2,(H,15,17). The topological polar surface area (TPSA) is 93.5 Å².